The van der Waals surface area contributed by atoms with Crippen LogP contribution in [0.5, 0.6) is 0 Å². The molecular formula is C16H26N4O2. The van der Waals surface area contributed by atoms with Crippen LogP contribution in [0.15, 0.2) is 12.3 Å². The molecule has 22 heavy (non-hydrogen) atoms. The van der Waals surface area contributed by atoms with Gasteiger partial charge in [-0.25, -0.2) is 0 Å². The van der Waals surface area contributed by atoms with Gasteiger partial charge in [0.2, 0.25) is 0 Å². The van der Waals surface area contributed by atoms with Gasteiger partial charge in [-0.05, 0) is 38.7 Å². The number of ether oxygens (including phenoxy) is 1. The second-order valence-electron chi connectivity index (χ2n) is 6.78. The zero-order chi connectivity index (χ0) is 15.7. The fourth-order valence-corrected chi connectivity index (χ4v) is 3.60. The van der Waals surface area contributed by atoms with Gasteiger partial charge in [0.25, 0.3) is 5.91 Å². The number of rotatable bonds is 5. The molecule has 0 aliphatic carbocycles. The Bertz CT molecular complexity index is 534. The Kier molecular flexibility index (Phi) is 4.23. The highest BCUT2D eigenvalue weighted by Gasteiger charge is 2.52. The lowest BCUT2D eigenvalue weighted by Gasteiger charge is -2.52. The molecule has 3 heterocycles. The molecule has 0 aromatic carbocycles. The summed E-state index contributed by atoms with van der Waals surface area (Å²) in [6.45, 7) is 8.07. The molecule has 3 rings (SSSR count). The molecule has 1 spiro atoms. The van der Waals surface area contributed by atoms with Crippen molar-refractivity contribution in [2.45, 2.75) is 38.3 Å². The van der Waals surface area contributed by atoms with Gasteiger partial charge in [-0.15, -0.1) is 0 Å². The van der Waals surface area contributed by atoms with Crippen LogP contribution in [0.25, 0.3) is 0 Å². The van der Waals surface area contributed by atoms with Crippen molar-refractivity contribution in [3.63, 3.8) is 0 Å². The smallest absolute Gasteiger partial charge is 0.269 e. The Morgan fingerprint density at radius 3 is 2.95 bits per heavy atom. The summed E-state index contributed by atoms with van der Waals surface area (Å²) in [6.07, 6.45) is 3.73. The number of amides is 1. The monoisotopic (exact) mass is 306 g/mol. The van der Waals surface area contributed by atoms with E-state index in [9.17, 15) is 4.79 Å². The van der Waals surface area contributed by atoms with E-state index in [1.165, 1.54) is 0 Å². The number of nitrogens with one attached hydrogen (secondary N) is 1. The summed E-state index contributed by atoms with van der Waals surface area (Å²) in [4.78, 5) is 14.5. The average molecular weight is 306 g/mol. The van der Waals surface area contributed by atoms with Crippen molar-refractivity contribution in [3.8, 4) is 0 Å². The zero-order valence-corrected chi connectivity index (χ0v) is 13.7. The molecule has 1 unspecified atom stereocenters. The third-order valence-electron chi connectivity index (χ3n) is 5.10. The third-order valence-corrected chi connectivity index (χ3v) is 5.10. The van der Waals surface area contributed by atoms with Gasteiger partial charge in [-0.1, -0.05) is 0 Å². The van der Waals surface area contributed by atoms with Crippen molar-refractivity contribution < 1.29 is 9.53 Å². The molecule has 1 aromatic rings. The lowest BCUT2D eigenvalue weighted by Crippen LogP contribution is -2.66. The highest BCUT2D eigenvalue weighted by atomic mass is 16.5. The van der Waals surface area contributed by atoms with Gasteiger partial charge >= 0.3 is 0 Å². The Hall–Kier alpha value is -1.40. The quantitative estimate of drug-likeness (QED) is 0.883. The molecule has 0 radical (unpaired) electrons. The minimum atomic E-state index is -0.0506. The van der Waals surface area contributed by atoms with E-state index in [-0.39, 0.29) is 11.5 Å². The van der Waals surface area contributed by atoms with E-state index in [1.807, 2.05) is 0 Å². The molecule has 2 aliphatic rings. The summed E-state index contributed by atoms with van der Waals surface area (Å²) >= 11 is 0. The van der Waals surface area contributed by atoms with Gasteiger partial charge in [-0.3, -0.25) is 14.4 Å². The third kappa shape index (κ3) is 2.77. The van der Waals surface area contributed by atoms with Gasteiger partial charge in [0.1, 0.15) is 5.69 Å². The van der Waals surface area contributed by atoms with Gasteiger partial charge in [-0.2, -0.15) is 5.10 Å². The molecule has 2 saturated heterocycles. The van der Waals surface area contributed by atoms with Crippen LogP contribution >= 0.6 is 0 Å². The molecular weight excluding hydrogens is 280 g/mol. The van der Waals surface area contributed by atoms with Crippen LogP contribution in [0, 0.1) is 5.92 Å². The predicted molar refractivity (Wildman–Crippen MR) is 83.7 cm³/mol. The maximum atomic E-state index is 12.1. The second-order valence-corrected chi connectivity index (χ2v) is 6.78. The number of carbonyl (C=O) groups is 1. The average Bonchev–Trinajstić information content (AvgIpc) is 3.02. The van der Waals surface area contributed by atoms with Crippen molar-refractivity contribution in [3.05, 3.63) is 18.0 Å². The number of nitrogens with zero attached hydrogens (tertiary/aromatic N) is 3. The van der Waals surface area contributed by atoms with E-state index < -0.39 is 0 Å². The fourth-order valence-electron chi connectivity index (χ4n) is 3.60. The lowest BCUT2D eigenvalue weighted by atomic mass is 9.78. The van der Waals surface area contributed by atoms with Crippen molar-refractivity contribution in [2.24, 2.45) is 13.0 Å². The zero-order valence-electron chi connectivity index (χ0n) is 13.7. The van der Waals surface area contributed by atoms with Crippen LogP contribution in [-0.2, 0) is 11.8 Å². The van der Waals surface area contributed by atoms with E-state index in [1.54, 1.807) is 24.0 Å². The number of hydrogen-bond donors (Lipinski definition) is 1. The first-order valence-electron chi connectivity index (χ1n) is 8.16. The van der Waals surface area contributed by atoms with Crippen LogP contribution in [-0.4, -0.2) is 58.5 Å². The largest absolute Gasteiger partial charge is 0.372 e. The molecule has 1 N–H and O–H groups in total. The van der Waals surface area contributed by atoms with Crippen molar-refractivity contribution >= 4 is 5.91 Å². The fraction of sp³-hybridized carbons (Fsp3) is 0.750. The summed E-state index contributed by atoms with van der Waals surface area (Å²) in [7, 11) is 1.78. The van der Waals surface area contributed by atoms with Gasteiger partial charge in [0.05, 0.1) is 5.60 Å². The molecule has 2 fully saturated rings. The van der Waals surface area contributed by atoms with E-state index in [4.69, 9.17) is 4.74 Å². The van der Waals surface area contributed by atoms with Gasteiger partial charge in [0, 0.05) is 45.5 Å². The highest BCUT2D eigenvalue weighted by molar-refractivity contribution is 5.92. The highest BCUT2D eigenvalue weighted by Crippen LogP contribution is 2.42. The lowest BCUT2D eigenvalue weighted by molar-refractivity contribution is -0.143. The molecule has 2 aliphatic heterocycles. The molecule has 0 bridgehead atoms. The van der Waals surface area contributed by atoms with Crippen molar-refractivity contribution in [1.29, 1.82) is 0 Å². The molecule has 1 aromatic heterocycles. The first-order chi connectivity index (χ1) is 10.5. The van der Waals surface area contributed by atoms with Crippen LogP contribution in [0.3, 0.4) is 0 Å². The Balaban J connectivity index is 1.48. The Labute approximate surface area is 131 Å². The Morgan fingerprint density at radius 1 is 1.55 bits per heavy atom. The second kappa shape index (κ2) is 6.01. The van der Waals surface area contributed by atoms with Crippen molar-refractivity contribution in [2.75, 3.05) is 26.2 Å². The first-order valence-corrected chi connectivity index (χ1v) is 8.16. The summed E-state index contributed by atoms with van der Waals surface area (Å²) in [5.74, 6) is 0.500. The first kappa shape index (κ1) is 15.5. The molecule has 1 atom stereocenters. The normalized spacial score (nSPS) is 23.9. The topological polar surface area (TPSA) is 59.4 Å². The van der Waals surface area contributed by atoms with Crippen LogP contribution < -0.4 is 5.32 Å². The van der Waals surface area contributed by atoms with Crippen LogP contribution in [0.1, 0.15) is 37.2 Å². The number of aromatic nitrogens is 2. The maximum absolute atomic E-state index is 12.1. The number of likely N-dealkylation sites (tertiary alicyclic amines) is 1. The van der Waals surface area contributed by atoms with E-state index in [0.717, 1.165) is 32.5 Å². The number of hydrogen-bond acceptors (Lipinski definition) is 4. The van der Waals surface area contributed by atoms with E-state index in [0.29, 0.717) is 24.2 Å². The SMILES string of the molecule is CC(C)N1CC2(C1)OCCC2CCNC(=O)c1ccnn1C. The number of carbonyl (C=O) groups excluding carboxylic acids is 1. The van der Waals surface area contributed by atoms with Crippen molar-refractivity contribution in [1.82, 2.24) is 20.0 Å². The molecule has 0 saturated carbocycles. The minimum Gasteiger partial charge on any atom is -0.372 e. The molecule has 122 valence electrons. The number of aryl methyl sites for hydroxylation is 1. The maximum Gasteiger partial charge on any atom is 0.269 e. The summed E-state index contributed by atoms with van der Waals surface area (Å²) in [5, 5.41) is 7.03. The summed E-state index contributed by atoms with van der Waals surface area (Å²) in [5.41, 5.74) is 0.647. The Morgan fingerprint density at radius 2 is 2.32 bits per heavy atom. The molecule has 6 heteroatoms. The summed E-state index contributed by atoms with van der Waals surface area (Å²) < 4.78 is 7.65. The standard InChI is InChI=1S/C16H26N4O2/c1-12(2)20-10-16(11-20)13(6-9-22-16)4-7-17-15(21)14-5-8-18-19(14)3/h5,8,12-13H,4,6-7,9-11H2,1-3H3,(H,17,21). The van der Waals surface area contributed by atoms with Gasteiger partial charge < -0.3 is 10.1 Å². The van der Waals surface area contributed by atoms with Gasteiger partial charge in [0.15, 0.2) is 0 Å². The molecule has 6 nitrogen and oxygen atoms in total. The van der Waals surface area contributed by atoms with Crippen LogP contribution in [0.4, 0.5) is 0 Å². The van der Waals surface area contributed by atoms with Crippen LogP contribution in [0.2, 0.25) is 0 Å². The van der Waals surface area contributed by atoms with E-state index in [2.05, 4.69) is 29.2 Å². The van der Waals surface area contributed by atoms with E-state index >= 15 is 0 Å². The minimum absolute atomic E-state index is 0.0432. The predicted octanol–water partition coefficient (Wildman–Crippen LogP) is 1.04. The summed E-state index contributed by atoms with van der Waals surface area (Å²) in [6, 6.07) is 2.32. The molecule has 1 amide bonds.